The van der Waals surface area contributed by atoms with Crippen LogP contribution in [-0.4, -0.2) is 43.9 Å². The third-order valence-corrected chi connectivity index (χ3v) is 4.30. The Labute approximate surface area is 152 Å². The van der Waals surface area contributed by atoms with Crippen LogP contribution in [0.5, 0.6) is 0 Å². The van der Waals surface area contributed by atoms with Crippen molar-refractivity contribution in [2.45, 2.75) is 25.3 Å². The van der Waals surface area contributed by atoms with Crippen LogP contribution in [0.1, 0.15) is 18.7 Å². The van der Waals surface area contributed by atoms with E-state index in [9.17, 15) is 4.79 Å². The molecule has 3 rings (SSSR count). The smallest absolute Gasteiger partial charge is 0.241 e. The number of aromatic nitrogens is 1. The summed E-state index contributed by atoms with van der Waals surface area (Å²) in [5, 5.41) is 2.87. The Morgan fingerprint density at radius 3 is 2.92 bits per heavy atom. The maximum absolute atomic E-state index is 12.4. The number of anilines is 1. The molecule has 1 fully saturated rings. The number of amides is 1. The van der Waals surface area contributed by atoms with Gasteiger partial charge in [-0.05, 0) is 37.0 Å². The van der Waals surface area contributed by atoms with Crippen LogP contribution in [0.25, 0.3) is 11.1 Å². The van der Waals surface area contributed by atoms with E-state index in [1.54, 1.807) is 25.3 Å². The predicted molar refractivity (Wildman–Crippen MR) is 97.0 cm³/mol. The van der Waals surface area contributed by atoms with Gasteiger partial charge in [0.05, 0.1) is 12.6 Å². The van der Waals surface area contributed by atoms with Crippen molar-refractivity contribution in [3.05, 3.63) is 24.1 Å². The Bertz CT molecular complexity index is 700. The minimum atomic E-state index is -0.529. The van der Waals surface area contributed by atoms with Crippen molar-refractivity contribution in [2.75, 3.05) is 32.2 Å². The van der Waals surface area contributed by atoms with Gasteiger partial charge < -0.3 is 24.9 Å². The average molecular weight is 370 g/mol. The lowest BCUT2D eigenvalue weighted by atomic mass is 9.92. The Hall–Kier alpha value is -1.67. The Morgan fingerprint density at radius 1 is 1.44 bits per heavy atom. The van der Waals surface area contributed by atoms with Crippen LogP contribution in [0.4, 0.5) is 5.69 Å². The van der Waals surface area contributed by atoms with E-state index < -0.39 is 6.04 Å². The van der Waals surface area contributed by atoms with E-state index in [0.717, 1.165) is 12.8 Å². The molecule has 1 aliphatic rings. The van der Waals surface area contributed by atoms with E-state index in [4.69, 9.17) is 19.6 Å². The van der Waals surface area contributed by atoms with Crippen molar-refractivity contribution in [1.82, 2.24) is 4.98 Å². The summed E-state index contributed by atoms with van der Waals surface area (Å²) in [6.45, 7) is 1.89. The van der Waals surface area contributed by atoms with E-state index in [1.165, 1.54) is 0 Å². The molecule has 0 aliphatic carbocycles. The molecular formula is C17H24ClN3O4. The monoisotopic (exact) mass is 369 g/mol. The first-order valence-corrected chi connectivity index (χ1v) is 8.20. The number of carbonyl (C=O) groups excluding carboxylic acids is 1. The highest BCUT2D eigenvalue weighted by Gasteiger charge is 2.26. The van der Waals surface area contributed by atoms with Crippen LogP contribution in [0, 0.1) is 5.92 Å². The molecule has 0 bridgehead atoms. The van der Waals surface area contributed by atoms with Crippen LogP contribution < -0.4 is 11.1 Å². The number of nitrogens with one attached hydrogen (secondary N) is 1. The summed E-state index contributed by atoms with van der Waals surface area (Å²) >= 11 is 0. The summed E-state index contributed by atoms with van der Waals surface area (Å²) in [5.74, 6) is 0.605. The van der Waals surface area contributed by atoms with Gasteiger partial charge in [-0.1, -0.05) is 0 Å². The SMILES string of the molecule is COCCc1nc2cc(NC(=O)C(N)C3CCOCC3)ccc2o1.Cl. The van der Waals surface area contributed by atoms with E-state index in [2.05, 4.69) is 10.3 Å². The molecule has 0 radical (unpaired) electrons. The summed E-state index contributed by atoms with van der Waals surface area (Å²) in [6, 6.07) is 4.86. The third-order valence-electron chi connectivity index (χ3n) is 4.30. The number of rotatable bonds is 6. The molecule has 1 atom stereocenters. The highest BCUT2D eigenvalue weighted by atomic mass is 35.5. The highest BCUT2D eigenvalue weighted by Crippen LogP contribution is 2.22. The van der Waals surface area contributed by atoms with Gasteiger partial charge in [0.15, 0.2) is 11.5 Å². The number of oxazole rings is 1. The minimum absolute atomic E-state index is 0. The van der Waals surface area contributed by atoms with Crippen LogP contribution in [0.15, 0.2) is 22.6 Å². The average Bonchev–Trinajstić information content (AvgIpc) is 3.02. The number of benzene rings is 1. The number of carbonyl (C=O) groups is 1. The van der Waals surface area contributed by atoms with Crippen molar-refractivity contribution in [3.8, 4) is 0 Å². The third kappa shape index (κ3) is 4.92. The van der Waals surface area contributed by atoms with Gasteiger partial charge in [-0.15, -0.1) is 12.4 Å². The van der Waals surface area contributed by atoms with Crippen LogP contribution in [0.2, 0.25) is 0 Å². The number of hydrogen-bond donors (Lipinski definition) is 2. The van der Waals surface area contributed by atoms with Crippen molar-refractivity contribution in [2.24, 2.45) is 11.7 Å². The number of nitrogens with two attached hydrogens (primary N) is 1. The lowest BCUT2D eigenvalue weighted by Crippen LogP contribution is -2.43. The lowest BCUT2D eigenvalue weighted by Gasteiger charge is -2.26. The van der Waals surface area contributed by atoms with Crippen molar-refractivity contribution >= 4 is 35.1 Å². The zero-order valence-corrected chi connectivity index (χ0v) is 15.0. The van der Waals surface area contributed by atoms with Gasteiger partial charge in [0.25, 0.3) is 0 Å². The summed E-state index contributed by atoms with van der Waals surface area (Å²) in [7, 11) is 1.64. The van der Waals surface area contributed by atoms with Gasteiger partial charge in [-0.3, -0.25) is 4.79 Å². The summed E-state index contributed by atoms with van der Waals surface area (Å²) in [4.78, 5) is 16.8. The minimum Gasteiger partial charge on any atom is -0.441 e. The maximum Gasteiger partial charge on any atom is 0.241 e. The molecule has 7 nitrogen and oxygen atoms in total. The molecule has 8 heteroatoms. The summed E-state index contributed by atoms with van der Waals surface area (Å²) in [6.07, 6.45) is 2.25. The maximum atomic E-state index is 12.4. The molecule has 2 aromatic rings. The molecule has 1 saturated heterocycles. The molecular weight excluding hydrogens is 346 g/mol. The Morgan fingerprint density at radius 2 is 2.20 bits per heavy atom. The summed E-state index contributed by atoms with van der Waals surface area (Å²) in [5.41, 5.74) is 8.16. The zero-order valence-electron chi connectivity index (χ0n) is 14.2. The fourth-order valence-electron chi connectivity index (χ4n) is 2.86. The van der Waals surface area contributed by atoms with Gasteiger partial charge in [-0.2, -0.15) is 0 Å². The normalized spacial score (nSPS) is 16.4. The molecule has 1 aromatic carbocycles. The zero-order chi connectivity index (χ0) is 16.9. The molecule has 2 heterocycles. The first kappa shape index (κ1) is 19.7. The van der Waals surface area contributed by atoms with Crippen LogP contribution in [0.3, 0.4) is 0 Å². The van der Waals surface area contributed by atoms with E-state index >= 15 is 0 Å². The van der Waals surface area contributed by atoms with Crippen molar-refractivity contribution in [3.63, 3.8) is 0 Å². The van der Waals surface area contributed by atoms with Crippen molar-refractivity contribution < 1.29 is 18.7 Å². The van der Waals surface area contributed by atoms with E-state index in [1.807, 2.05) is 0 Å². The molecule has 25 heavy (non-hydrogen) atoms. The first-order valence-electron chi connectivity index (χ1n) is 8.20. The fraction of sp³-hybridized carbons (Fsp3) is 0.529. The number of hydrogen-bond acceptors (Lipinski definition) is 6. The summed E-state index contributed by atoms with van der Waals surface area (Å²) < 4.78 is 16.0. The quantitative estimate of drug-likeness (QED) is 0.809. The Balaban J connectivity index is 0.00000225. The number of methoxy groups -OCH3 is 1. The van der Waals surface area contributed by atoms with Gasteiger partial charge in [-0.25, -0.2) is 4.98 Å². The number of fused-ring (bicyclic) bond motifs is 1. The number of halogens is 1. The second-order valence-electron chi connectivity index (χ2n) is 6.00. The number of ether oxygens (including phenoxy) is 2. The second-order valence-corrected chi connectivity index (χ2v) is 6.00. The van der Waals surface area contributed by atoms with Gasteiger partial charge in [0.1, 0.15) is 5.52 Å². The van der Waals surface area contributed by atoms with Crippen LogP contribution in [-0.2, 0) is 20.7 Å². The molecule has 0 saturated carbocycles. The number of nitrogens with zero attached hydrogens (tertiary/aromatic N) is 1. The fourth-order valence-corrected chi connectivity index (χ4v) is 2.86. The predicted octanol–water partition coefficient (Wildman–Crippen LogP) is 2.13. The largest absolute Gasteiger partial charge is 0.441 e. The Kier molecular flexibility index (Phi) is 7.19. The molecule has 1 unspecified atom stereocenters. The highest BCUT2D eigenvalue weighted by molar-refractivity contribution is 5.96. The van der Waals surface area contributed by atoms with Gasteiger partial charge in [0, 0.05) is 32.4 Å². The lowest BCUT2D eigenvalue weighted by molar-refractivity contribution is -0.119. The molecule has 1 aliphatic heterocycles. The molecule has 138 valence electrons. The molecule has 1 aromatic heterocycles. The standard InChI is InChI=1S/C17H23N3O4.ClH/c1-22-7-6-15-20-13-10-12(2-3-14(13)24-15)19-17(21)16(18)11-4-8-23-9-5-11;/h2-3,10-11,16H,4-9,18H2,1H3,(H,19,21);1H. The molecule has 1 amide bonds. The van der Waals surface area contributed by atoms with Gasteiger partial charge >= 0.3 is 0 Å². The van der Waals surface area contributed by atoms with Crippen molar-refractivity contribution in [1.29, 1.82) is 0 Å². The van der Waals surface area contributed by atoms with Crippen LogP contribution >= 0.6 is 12.4 Å². The molecule has 0 spiro atoms. The van der Waals surface area contributed by atoms with Gasteiger partial charge in [0.2, 0.25) is 5.91 Å². The van der Waals surface area contributed by atoms with E-state index in [-0.39, 0.29) is 24.2 Å². The van der Waals surface area contributed by atoms with E-state index in [0.29, 0.717) is 48.9 Å². The topological polar surface area (TPSA) is 99.6 Å². The first-order chi connectivity index (χ1) is 11.7. The molecule has 3 N–H and O–H groups in total. The second kappa shape index (κ2) is 9.15.